The number of imidazole rings is 1. The Balaban J connectivity index is 2.82. The molecule has 0 aromatic carbocycles. The van der Waals surface area contributed by atoms with Gasteiger partial charge in [0, 0.05) is 10.7 Å². The van der Waals surface area contributed by atoms with Gasteiger partial charge in [0.1, 0.15) is 5.52 Å². The summed E-state index contributed by atoms with van der Waals surface area (Å²) in [7, 11) is 0. The van der Waals surface area contributed by atoms with Crippen molar-refractivity contribution in [1.29, 1.82) is 0 Å². The van der Waals surface area contributed by atoms with E-state index in [2.05, 4.69) is 53.5 Å². The Kier molecular flexibility index (Phi) is 1.84. The molecule has 0 radical (unpaired) electrons. The Hall–Kier alpha value is -0.170. The first-order chi connectivity index (χ1) is 5.25. The second-order valence-electron chi connectivity index (χ2n) is 2.05. The summed E-state index contributed by atoms with van der Waals surface area (Å²) in [4.78, 5) is 11.4. The summed E-state index contributed by atoms with van der Waals surface area (Å²) >= 11 is 5.45. The number of H-pyrrole nitrogens is 1. The van der Waals surface area contributed by atoms with Gasteiger partial charge in [-0.05, 0) is 44.6 Å². The van der Waals surface area contributed by atoms with E-state index in [9.17, 15) is 0 Å². The molecule has 2 heterocycles. The number of nitrogens with zero attached hydrogens (tertiary/aromatic N) is 2. The average molecular weight is 324 g/mol. The summed E-state index contributed by atoms with van der Waals surface area (Å²) in [6.07, 6.45) is 1.75. The van der Waals surface area contributed by atoms with Gasteiger partial charge in [0.05, 0.1) is 0 Å². The molecule has 3 nitrogen and oxygen atoms in total. The van der Waals surface area contributed by atoms with E-state index in [1.165, 1.54) is 0 Å². The van der Waals surface area contributed by atoms with Crippen LogP contribution in [0.1, 0.15) is 0 Å². The SMILES string of the molecule is Brc1cnc2[nH]c(I)nc2c1. The van der Waals surface area contributed by atoms with Crippen LogP contribution in [-0.4, -0.2) is 15.0 Å². The lowest BCUT2D eigenvalue weighted by Crippen LogP contribution is -1.74. The van der Waals surface area contributed by atoms with E-state index in [0.29, 0.717) is 0 Å². The van der Waals surface area contributed by atoms with Crippen molar-refractivity contribution in [3.05, 3.63) is 20.6 Å². The summed E-state index contributed by atoms with van der Waals surface area (Å²) in [5.74, 6) is 0. The molecule has 0 saturated carbocycles. The Morgan fingerprint density at radius 3 is 3.18 bits per heavy atom. The Bertz CT molecular complexity index is 398. The molecule has 0 aliphatic rings. The van der Waals surface area contributed by atoms with E-state index in [1.807, 2.05) is 6.07 Å². The van der Waals surface area contributed by atoms with Crippen molar-refractivity contribution in [3.8, 4) is 0 Å². The largest absolute Gasteiger partial charge is 0.318 e. The first-order valence-electron chi connectivity index (χ1n) is 2.92. The third kappa shape index (κ3) is 1.39. The van der Waals surface area contributed by atoms with Crippen molar-refractivity contribution in [2.75, 3.05) is 0 Å². The summed E-state index contributed by atoms with van der Waals surface area (Å²) in [5.41, 5.74) is 1.72. The molecule has 0 aliphatic heterocycles. The predicted molar refractivity (Wildman–Crippen MR) is 54.3 cm³/mol. The van der Waals surface area contributed by atoms with Crippen molar-refractivity contribution in [2.24, 2.45) is 0 Å². The summed E-state index contributed by atoms with van der Waals surface area (Å²) in [5, 5.41) is 0. The van der Waals surface area contributed by atoms with Crippen LogP contribution < -0.4 is 0 Å². The third-order valence-corrected chi connectivity index (χ3v) is 2.22. The van der Waals surface area contributed by atoms with Crippen LogP contribution in [0.15, 0.2) is 16.7 Å². The van der Waals surface area contributed by atoms with Gasteiger partial charge in [-0.25, -0.2) is 9.97 Å². The van der Waals surface area contributed by atoms with Crippen LogP contribution in [-0.2, 0) is 0 Å². The number of pyridine rings is 1. The Morgan fingerprint density at radius 2 is 2.36 bits per heavy atom. The molecule has 2 aromatic rings. The first kappa shape index (κ1) is 7.48. The number of aromatic amines is 1. The number of hydrogen-bond acceptors (Lipinski definition) is 2. The quantitative estimate of drug-likeness (QED) is 0.756. The van der Waals surface area contributed by atoms with Crippen LogP contribution in [0.5, 0.6) is 0 Å². The monoisotopic (exact) mass is 323 g/mol. The number of hydrogen-bond donors (Lipinski definition) is 1. The molecule has 0 saturated heterocycles. The summed E-state index contributed by atoms with van der Waals surface area (Å²) in [6, 6.07) is 1.93. The van der Waals surface area contributed by atoms with Crippen molar-refractivity contribution in [3.63, 3.8) is 0 Å². The Labute approximate surface area is 84.9 Å². The minimum atomic E-state index is 0.831. The lowest BCUT2D eigenvalue weighted by atomic mass is 10.4. The lowest BCUT2D eigenvalue weighted by Gasteiger charge is -1.86. The zero-order valence-electron chi connectivity index (χ0n) is 5.31. The lowest BCUT2D eigenvalue weighted by molar-refractivity contribution is 1.24. The fourth-order valence-electron chi connectivity index (χ4n) is 0.842. The molecule has 0 amide bonds. The van der Waals surface area contributed by atoms with Crippen LogP contribution in [0.3, 0.4) is 0 Å². The smallest absolute Gasteiger partial charge is 0.170 e. The second kappa shape index (κ2) is 2.71. The van der Waals surface area contributed by atoms with Crippen LogP contribution in [0.2, 0.25) is 0 Å². The standard InChI is InChI=1S/C6H3BrIN3/c7-3-1-4-5(9-2-3)11-6(8)10-4/h1-2H,(H,9,10,11). The zero-order valence-corrected chi connectivity index (χ0v) is 9.05. The molecule has 1 N–H and O–H groups in total. The van der Waals surface area contributed by atoms with E-state index >= 15 is 0 Å². The van der Waals surface area contributed by atoms with E-state index in [1.54, 1.807) is 6.20 Å². The van der Waals surface area contributed by atoms with Gasteiger partial charge in [-0.2, -0.15) is 0 Å². The highest BCUT2D eigenvalue weighted by molar-refractivity contribution is 14.1. The van der Waals surface area contributed by atoms with Crippen LogP contribution in [0, 0.1) is 3.83 Å². The highest BCUT2D eigenvalue weighted by Gasteiger charge is 2.00. The van der Waals surface area contributed by atoms with Crippen LogP contribution in [0.25, 0.3) is 11.2 Å². The molecule has 2 rings (SSSR count). The maximum absolute atomic E-state index is 4.21. The van der Waals surface area contributed by atoms with Gasteiger partial charge in [0.25, 0.3) is 0 Å². The molecule has 0 aliphatic carbocycles. The van der Waals surface area contributed by atoms with Crippen molar-refractivity contribution in [2.45, 2.75) is 0 Å². The molecule has 0 spiro atoms. The molecule has 56 valence electrons. The highest BCUT2D eigenvalue weighted by atomic mass is 127. The van der Waals surface area contributed by atoms with Gasteiger partial charge >= 0.3 is 0 Å². The minimum Gasteiger partial charge on any atom is -0.318 e. The number of aromatic nitrogens is 3. The van der Waals surface area contributed by atoms with E-state index < -0.39 is 0 Å². The van der Waals surface area contributed by atoms with Gasteiger partial charge < -0.3 is 4.98 Å². The van der Waals surface area contributed by atoms with E-state index in [4.69, 9.17) is 0 Å². The van der Waals surface area contributed by atoms with E-state index in [-0.39, 0.29) is 0 Å². The normalized spacial score (nSPS) is 10.7. The van der Waals surface area contributed by atoms with Gasteiger partial charge in [0.15, 0.2) is 9.48 Å². The molecule has 0 atom stereocenters. The first-order valence-corrected chi connectivity index (χ1v) is 4.79. The van der Waals surface area contributed by atoms with Gasteiger partial charge in [-0.15, -0.1) is 0 Å². The second-order valence-corrected chi connectivity index (χ2v) is 3.99. The summed E-state index contributed by atoms with van der Waals surface area (Å²) in [6.45, 7) is 0. The molecular formula is C6H3BrIN3. The fourth-order valence-corrected chi connectivity index (χ4v) is 1.68. The number of nitrogens with one attached hydrogen (secondary N) is 1. The van der Waals surface area contributed by atoms with Crippen LogP contribution in [0.4, 0.5) is 0 Å². The van der Waals surface area contributed by atoms with Crippen molar-refractivity contribution in [1.82, 2.24) is 15.0 Å². The number of rotatable bonds is 0. The van der Waals surface area contributed by atoms with Crippen LogP contribution >= 0.6 is 38.5 Å². The topological polar surface area (TPSA) is 41.6 Å². The number of fused-ring (bicyclic) bond motifs is 1. The van der Waals surface area contributed by atoms with E-state index in [0.717, 1.165) is 19.5 Å². The Morgan fingerprint density at radius 1 is 1.55 bits per heavy atom. The maximum atomic E-state index is 4.21. The van der Waals surface area contributed by atoms with Gasteiger partial charge in [-0.3, -0.25) is 0 Å². The average Bonchev–Trinajstić information content (AvgIpc) is 2.27. The third-order valence-electron chi connectivity index (χ3n) is 1.27. The van der Waals surface area contributed by atoms with Crippen molar-refractivity contribution >= 4 is 49.7 Å². The molecule has 5 heteroatoms. The number of halogens is 2. The minimum absolute atomic E-state index is 0.831. The molecule has 0 bridgehead atoms. The molecular weight excluding hydrogens is 321 g/mol. The molecule has 11 heavy (non-hydrogen) atoms. The fraction of sp³-hybridized carbons (Fsp3) is 0. The zero-order chi connectivity index (χ0) is 7.84. The predicted octanol–water partition coefficient (Wildman–Crippen LogP) is 2.32. The van der Waals surface area contributed by atoms with Gasteiger partial charge in [-0.1, -0.05) is 0 Å². The van der Waals surface area contributed by atoms with Gasteiger partial charge in [0.2, 0.25) is 0 Å². The maximum Gasteiger partial charge on any atom is 0.170 e. The van der Waals surface area contributed by atoms with Crippen molar-refractivity contribution < 1.29 is 0 Å². The highest BCUT2D eigenvalue weighted by Crippen LogP contribution is 2.15. The summed E-state index contributed by atoms with van der Waals surface area (Å²) < 4.78 is 1.82. The molecule has 0 fully saturated rings. The molecule has 2 aromatic heterocycles. The molecule has 0 unspecified atom stereocenters.